The Morgan fingerprint density at radius 1 is 0.630 bits per heavy atom. The average molecular weight is 1310 g/mol. The molecule has 506 valence electrons. The molecule has 2 aliphatic carbocycles. The van der Waals surface area contributed by atoms with E-state index in [1.807, 2.05) is 32.9 Å². The first-order chi connectivity index (χ1) is 43.2. The van der Waals surface area contributed by atoms with Gasteiger partial charge in [0.15, 0.2) is 0 Å². The van der Waals surface area contributed by atoms with Gasteiger partial charge in [0.1, 0.15) is 53.9 Å². The van der Waals surface area contributed by atoms with Crippen LogP contribution in [-0.4, -0.2) is 214 Å². The maximum atomic E-state index is 15.2. The molecule has 3 heterocycles. The van der Waals surface area contributed by atoms with E-state index in [1.165, 1.54) is 84.6 Å². The molecule has 0 radical (unpaired) electrons. The highest BCUT2D eigenvalue weighted by atomic mass is 35.5. The number of benzene rings is 2. The Labute approximate surface area is 542 Å². The SMILES string of the molecule is Cc1ccc(C[C@H]2C(=O)N(C)CC(=O)N[C@@H](CCc3ccc(C(F)(F)F)c(Cl)c3)C(=O)N3CCC[C@H]3C(=O)NC3(CCCC3)C(=O)N(C)[C@@H](C3CCCC3)C(=O)N[C@H](C)CC(=O)N(C)[C@@H](CC(C)C)C(=O)N[C@@H](C)C(=O)N(C)[C@@H](C)C(=O)N3CC[C@H]3C(=O)N2C)cc1. The molecule has 2 aromatic carbocycles. The summed E-state index contributed by atoms with van der Waals surface area (Å²) in [6.07, 6.45) is 0.0808. The number of carbonyl (C=O) groups is 11. The summed E-state index contributed by atoms with van der Waals surface area (Å²) in [4.78, 5) is 169. The molecule has 26 heteroatoms. The van der Waals surface area contributed by atoms with E-state index in [4.69, 9.17) is 11.6 Å². The lowest BCUT2D eigenvalue weighted by molar-refractivity contribution is -0.159. The van der Waals surface area contributed by atoms with Crippen molar-refractivity contribution >= 4 is 76.6 Å². The highest BCUT2D eigenvalue weighted by Gasteiger charge is 2.51. The van der Waals surface area contributed by atoms with Crippen molar-refractivity contribution in [3.63, 3.8) is 0 Å². The molecule has 2 aromatic rings. The van der Waals surface area contributed by atoms with Gasteiger partial charge < -0.3 is 55.6 Å². The number of likely N-dealkylation sites (N-methyl/N-ethyl adjacent to an activating group) is 5. The summed E-state index contributed by atoms with van der Waals surface area (Å²) >= 11 is 6.13. The van der Waals surface area contributed by atoms with E-state index in [1.54, 1.807) is 19.1 Å². The zero-order valence-electron chi connectivity index (χ0n) is 55.0. The number of aryl methyl sites for hydroxylation is 2. The van der Waals surface area contributed by atoms with Crippen molar-refractivity contribution in [1.29, 1.82) is 0 Å². The largest absolute Gasteiger partial charge is 0.417 e. The van der Waals surface area contributed by atoms with Crippen LogP contribution in [0.3, 0.4) is 0 Å². The maximum absolute atomic E-state index is 15.2. The Morgan fingerprint density at radius 2 is 1.26 bits per heavy atom. The summed E-state index contributed by atoms with van der Waals surface area (Å²) in [5.74, 6) is -7.16. The highest BCUT2D eigenvalue weighted by Crippen LogP contribution is 2.38. The molecule has 9 atom stereocenters. The predicted octanol–water partition coefficient (Wildman–Crippen LogP) is 4.78. The standard InChI is InChI=1S/C66H93ClF3N11O11/c1-38(2)33-51-56(84)72-41(5)59(87)76(8)42(6)60(88)81-32-28-50(81)63(91)78(10)52(36-44-22-20-39(3)21-23-44)62(90)75(7)37-53(82)73-48(27-25-43-24-26-46(47(67)35-43)66(68,69)70)61(89)80-31-16-19-49(80)57(85)74-65(29-14-15-30-65)64(92)79(11)55(45-17-12-13-18-45)58(86)71-40(4)34-54(83)77(51)9/h20-24,26,35,38,40-42,45,48-52,55H,12-19,25,27-34,36-37H2,1-11H3,(H,71,86)(H,72,84)(H,73,82)(H,74,85)/t40-,41+,42+,48+,49+,50+,51+,52+,55+/m1/s1. The lowest BCUT2D eigenvalue weighted by Crippen LogP contribution is -2.65. The molecule has 5 aliphatic rings. The molecular formula is C66H93ClF3N11O11. The topological polar surface area (TPSA) is 259 Å². The number of nitrogens with one attached hydrogen (secondary N) is 4. The van der Waals surface area contributed by atoms with Gasteiger partial charge in [0, 0.05) is 67.2 Å². The van der Waals surface area contributed by atoms with Crippen LogP contribution in [0.1, 0.15) is 147 Å². The van der Waals surface area contributed by atoms with Crippen LogP contribution in [0.4, 0.5) is 13.2 Å². The summed E-state index contributed by atoms with van der Waals surface area (Å²) in [5, 5.41) is 10.9. The van der Waals surface area contributed by atoms with Gasteiger partial charge in [0.25, 0.3) is 0 Å². The molecule has 0 bridgehead atoms. The molecule has 3 aliphatic heterocycles. The Morgan fingerprint density at radius 3 is 1.86 bits per heavy atom. The number of alkyl halides is 3. The third kappa shape index (κ3) is 16.9. The van der Waals surface area contributed by atoms with Crippen molar-refractivity contribution in [3.05, 3.63) is 69.7 Å². The minimum Gasteiger partial charge on any atom is -0.351 e. The molecular weight excluding hydrogens is 1220 g/mol. The minimum absolute atomic E-state index is 0.0266. The van der Waals surface area contributed by atoms with Crippen molar-refractivity contribution in [2.75, 3.05) is 54.9 Å². The number of rotatable bonds is 8. The smallest absolute Gasteiger partial charge is 0.351 e. The maximum Gasteiger partial charge on any atom is 0.417 e. The van der Waals surface area contributed by atoms with E-state index < -0.39 is 148 Å². The number of amides is 11. The van der Waals surface area contributed by atoms with Crippen LogP contribution in [0.5, 0.6) is 0 Å². The molecule has 4 N–H and O–H groups in total. The average Bonchev–Trinajstić information content (AvgIpc) is 1.40. The highest BCUT2D eigenvalue weighted by molar-refractivity contribution is 6.31. The molecule has 1 spiro atoms. The molecule has 7 rings (SSSR count). The van der Waals surface area contributed by atoms with Crippen molar-refractivity contribution in [2.45, 2.75) is 210 Å². The van der Waals surface area contributed by atoms with Gasteiger partial charge in [-0.2, -0.15) is 13.2 Å². The second-order valence-corrected chi connectivity index (χ2v) is 27.1. The summed E-state index contributed by atoms with van der Waals surface area (Å²) in [6, 6.07) is 0.370. The number of carbonyl (C=O) groups excluding carboxylic acids is 11. The third-order valence-electron chi connectivity index (χ3n) is 19.4. The van der Waals surface area contributed by atoms with Gasteiger partial charge in [0.05, 0.1) is 17.1 Å². The molecule has 22 nitrogen and oxygen atoms in total. The molecule has 0 aromatic heterocycles. The number of nitrogens with zero attached hydrogens (tertiary/aromatic N) is 7. The summed E-state index contributed by atoms with van der Waals surface area (Å²) in [5.41, 5.74) is -0.663. The number of hydrogen-bond acceptors (Lipinski definition) is 11. The number of fused-ring (bicyclic) bond motifs is 2. The van der Waals surface area contributed by atoms with Crippen LogP contribution < -0.4 is 21.3 Å². The van der Waals surface area contributed by atoms with Crippen molar-refractivity contribution in [1.82, 2.24) is 55.6 Å². The fourth-order valence-corrected chi connectivity index (χ4v) is 14.0. The number of hydrogen-bond donors (Lipinski definition) is 4. The first-order valence-corrected chi connectivity index (χ1v) is 32.7. The second-order valence-electron chi connectivity index (χ2n) is 26.6. The van der Waals surface area contributed by atoms with Gasteiger partial charge in [-0.15, -0.1) is 0 Å². The fraction of sp³-hybridized carbons (Fsp3) is 0.652. The van der Waals surface area contributed by atoms with Crippen LogP contribution in [-0.2, 0) is 71.8 Å². The minimum atomic E-state index is -4.75. The first kappa shape index (κ1) is 72.1. The summed E-state index contributed by atoms with van der Waals surface area (Å²) < 4.78 is 41.4. The molecule has 3 saturated heterocycles. The van der Waals surface area contributed by atoms with Crippen LogP contribution in [0.15, 0.2) is 42.5 Å². The van der Waals surface area contributed by atoms with Gasteiger partial charge in [-0.25, -0.2) is 0 Å². The molecule has 11 amide bonds. The normalized spacial score (nSPS) is 27.5. The van der Waals surface area contributed by atoms with Crippen LogP contribution in [0.2, 0.25) is 5.02 Å². The Balaban J connectivity index is 1.23. The predicted molar refractivity (Wildman–Crippen MR) is 337 cm³/mol. The van der Waals surface area contributed by atoms with Crippen LogP contribution >= 0.6 is 11.6 Å². The lowest BCUT2D eigenvalue weighted by Gasteiger charge is -2.45. The van der Waals surface area contributed by atoms with Crippen molar-refractivity contribution < 1.29 is 65.9 Å². The van der Waals surface area contributed by atoms with Crippen LogP contribution in [0, 0.1) is 18.8 Å². The Kier molecular flexibility index (Phi) is 24.0. The van der Waals surface area contributed by atoms with Crippen molar-refractivity contribution in [2.24, 2.45) is 11.8 Å². The molecule has 5 fully saturated rings. The zero-order chi connectivity index (χ0) is 67.8. The summed E-state index contributed by atoms with van der Waals surface area (Å²) in [6.45, 7) is 9.78. The monoisotopic (exact) mass is 1310 g/mol. The van der Waals surface area contributed by atoms with Gasteiger partial charge >= 0.3 is 6.18 Å². The zero-order valence-corrected chi connectivity index (χ0v) is 55.7. The van der Waals surface area contributed by atoms with E-state index in [9.17, 15) is 56.3 Å². The number of halogens is 4. The van der Waals surface area contributed by atoms with Gasteiger partial charge in [-0.1, -0.05) is 87.0 Å². The fourth-order valence-electron chi connectivity index (χ4n) is 13.7. The Hall–Kier alpha value is -7.31. The second kappa shape index (κ2) is 30.6. The lowest BCUT2D eigenvalue weighted by atomic mass is 9.90. The van der Waals surface area contributed by atoms with Crippen LogP contribution in [0.25, 0.3) is 0 Å². The van der Waals surface area contributed by atoms with E-state index in [0.717, 1.165) is 35.4 Å². The molecule has 2 saturated carbocycles. The molecule has 92 heavy (non-hydrogen) atoms. The Bertz CT molecular complexity index is 3080. The van der Waals surface area contributed by atoms with E-state index in [-0.39, 0.29) is 82.7 Å². The quantitative estimate of drug-likeness (QED) is 0.280. The van der Waals surface area contributed by atoms with E-state index in [2.05, 4.69) is 21.3 Å². The third-order valence-corrected chi connectivity index (χ3v) is 19.7. The van der Waals surface area contributed by atoms with Gasteiger partial charge in [-0.3, -0.25) is 52.7 Å². The summed E-state index contributed by atoms with van der Waals surface area (Å²) in [7, 11) is 7.17. The first-order valence-electron chi connectivity index (χ1n) is 32.3. The van der Waals surface area contributed by atoms with Crippen molar-refractivity contribution in [3.8, 4) is 0 Å². The van der Waals surface area contributed by atoms with Gasteiger partial charge in [0.2, 0.25) is 65.0 Å². The molecule has 0 unspecified atom stereocenters. The van der Waals surface area contributed by atoms with E-state index >= 15 is 9.59 Å². The van der Waals surface area contributed by atoms with Gasteiger partial charge in [-0.05, 0) is 127 Å². The van der Waals surface area contributed by atoms with E-state index in [0.29, 0.717) is 43.2 Å².